The molecule has 1 aromatic carbocycles. The van der Waals surface area contributed by atoms with Crippen molar-refractivity contribution in [1.82, 2.24) is 5.43 Å². The quantitative estimate of drug-likeness (QED) is 0.214. The summed E-state index contributed by atoms with van der Waals surface area (Å²) in [6, 6.07) is 4.30. The summed E-state index contributed by atoms with van der Waals surface area (Å²) in [5, 5.41) is 9.81. The smallest absolute Gasteiger partial charge is 0.330 e. The van der Waals surface area contributed by atoms with Crippen molar-refractivity contribution in [3.8, 4) is 5.75 Å². The first-order chi connectivity index (χ1) is 9.61. The average Bonchev–Trinajstić information content (AvgIpc) is 2.39. The van der Waals surface area contributed by atoms with Crippen molar-refractivity contribution in [2.75, 3.05) is 7.11 Å². The summed E-state index contributed by atoms with van der Waals surface area (Å²) in [5.74, 6) is 4.55. The van der Waals surface area contributed by atoms with Crippen molar-refractivity contribution in [3.05, 3.63) is 29.3 Å². The van der Waals surface area contributed by atoms with E-state index in [1.165, 1.54) is 19.2 Å². The summed E-state index contributed by atoms with van der Waals surface area (Å²) >= 11 is 0. The Hall–Kier alpha value is -1.44. The number of phenols is 1. The topological polar surface area (TPSA) is 142 Å². The van der Waals surface area contributed by atoms with Crippen LogP contribution in [-0.4, -0.2) is 33.5 Å². The van der Waals surface area contributed by atoms with E-state index >= 15 is 0 Å². The molecule has 0 aliphatic heterocycles. The minimum Gasteiger partial charge on any atom is -0.508 e. The van der Waals surface area contributed by atoms with Gasteiger partial charge in [-0.2, -0.15) is 0 Å². The molecule has 0 aliphatic carbocycles. The fraction of sp³-hybridized carbons (Fsp3) is 0.417. The minimum atomic E-state index is -4.26. The maximum absolute atomic E-state index is 11.7. The van der Waals surface area contributed by atoms with Crippen LogP contribution in [-0.2, 0) is 26.7 Å². The van der Waals surface area contributed by atoms with Crippen molar-refractivity contribution in [2.24, 2.45) is 5.84 Å². The van der Waals surface area contributed by atoms with Crippen LogP contribution in [0.3, 0.4) is 0 Å². The fourth-order valence-electron chi connectivity index (χ4n) is 1.89. The van der Waals surface area contributed by atoms with Gasteiger partial charge in [0.1, 0.15) is 11.3 Å². The van der Waals surface area contributed by atoms with Crippen LogP contribution >= 0.6 is 7.60 Å². The van der Waals surface area contributed by atoms with Gasteiger partial charge in [-0.25, -0.2) is 5.43 Å². The Morgan fingerprint density at radius 2 is 2.10 bits per heavy atom. The highest BCUT2D eigenvalue weighted by Gasteiger charge is 2.33. The normalized spacial score (nSPS) is 14.5. The molecule has 21 heavy (non-hydrogen) atoms. The third kappa shape index (κ3) is 4.80. The maximum Gasteiger partial charge on any atom is 0.330 e. The molecule has 6 N–H and O–H groups in total. The highest BCUT2D eigenvalue weighted by Crippen LogP contribution is 2.41. The Bertz CT molecular complexity index is 573. The summed E-state index contributed by atoms with van der Waals surface area (Å²) in [6.07, 6.45) is -0.414. The van der Waals surface area contributed by atoms with Gasteiger partial charge in [0.2, 0.25) is 0 Å². The fourth-order valence-corrected chi connectivity index (χ4v) is 2.60. The Kier molecular flexibility index (Phi) is 5.49. The van der Waals surface area contributed by atoms with Gasteiger partial charge in [-0.15, -0.1) is 0 Å². The van der Waals surface area contributed by atoms with E-state index in [1.807, 2.05) is 0 Å². The first-order valence-corrected chi connectivity index (χ1v) is 7.82. The molecule has 1 atom stereocenters. The van der Waals surface area contributed by atoms with Gasteiger partial charge in [0.05, 0.1) is 13.3 Å². The Morgan fingerprint density at radius 1 is 1.48 bits per heavy atom. The van der Waals surface area contributed by atoms with Gasteiger partial charge in [-0.3, -0.25) is 15.2 Å². The molecule has 1 rings (SSSR count). The standard InChI is InChI=1S/C12H19N2O6P/c1-12(14-13,11(16)20-2)6-8-3-4-9(10(15)5-8)7-21(17,18)19/h3-5,14-15H,6-7,13H2,1-2H3,(H2,17,18,19)/t12-/m0/s1. The second kappa shape index (κ2) is 6.55. The third-order valence-electron chi connectivity index (χ3n) is 3.04. The SMILES string of the molecule is COC(=O)[C@](C)(Cc1ccc(CP(=O)(O)O)c(O)c1)NN. The molecule has 0 spiro atoms. The largest absolute Gasteiger partial charge is 0.508 e. The van der Waals surface area contributed by atoms with Gasteiger partial charge in [-0.1, -0.05) is 12.1 Å². The van der Waals surface area contributed by atoms with Gasteiger partial charge in [-0.05, 0) is 18.6 Å². The van der Waals surface area contributed by atoms with E-state index in [0.717, 1.165) is 0 Å². The van der Waals surface area contributed by atoms with Crippen LogP contribution in [0.1, 0.15) is 18.1 Å². The molecule has 0 saturated heterocycles. The molecule has 0 bridgehead atoms. The second-order valence-electron chi connectivity index (χ2n) is 4.93. The monoisotopic (exact) mass is 318 g/mol. The van der Waals surface area contributed by atoms with E-state index in [4.69, 9.17) is 15.6 Å². The van der Waals surface area contributed by atoms with Crippen LogP contribution < -0.4 is 11.3 Å². The number of hydrogen-bond acceptors (Lipinski definition) is 6. The molecular weight excluding hydrogens is 299 g/mol. The van der Waals surface area contributed by atoms with Crippen molar-refractivity contribution >= 4 is 13.6 Å². The van der Waals surface area contributed by atoms with E-state index in [0.29, 0.717) is 5.56 Å². The van der Waals surface area contributed by atoms with Crippen LogP contribution in [0, 0.1) is 0 Å². The van der Waals surface area contributed by atoms with E-state index in [9.17, 15) is 14.5 Å². The molecule has 1 aromatic rings. The van der Waals surface area contributed by atoms with Crippen molar-refractivity contribution in [2.45, 2.75) is 25.0 Å². The number of esters is 1. The number of nitrogens with two attached hydrogens (primary N) is 1. The molecule has 0 fully saturated rings. The predicted molar refractivity (Wildman–Crippen MR) is 75.3 cm³/mol. The van der Waals surface area contributed by atoms with Crippen molar-refractivity contribution in [3.63, 3.8) is 0 Å². The van der Waals surface area contributed by atoms with Gasteiger partial charge in [0.25, 0.3) is 0 Å². The lowest BCUT2D eigenvalue weighted by Crippen LogP contribution is -2.55. The van der Waals surface area contributed by atoms with Gasteiger partial charge in [0.15, 0.2) is 0 Å². The number of methoxy groups -OCH3 is 1. The predicted octanol–water partition coefficient (Wildman–Crippen LogP) is 0.00740. The summed E-state index contributed by atoms with van der Waals surface area (Å²) < 4.78 is 15.6. The summed E-state index contributed by atoms with van der Waals surface area (Å²) in [5.41, 5.74) is 1.89. The Balaban J connectivity index is 2.99. The Labute approximate surface area is 122 Å². The summed E-state index contributed by atoms with van der Waals surface area (Å²) in [6.45, 7) is 1.54. The zero-order valence-corrected chi connectivity index (χ0v) is 12.6. The zero-order chi connectivity index (χ0) is 16.3. The first kappa shape index (κ1) is 17.6. The molecule has 0 aliphatic rings. The Morgan fingerprint density at radius 3 is 2.52 bits per heavy atom. The number of aromatic hydroxyl groups is 1. The second-order valence-corrected chi connectivity index (χ2v) is 6.58. The van der Waals surface area contributed by atoms with Crippen molar-refractivity contribution in [1.29, 1.82) is 0 Å². The molecule has 9 heteroatoms. The number of hydrazine groups is 1. The number of phenolic OH excluding ortho intramolecular Hbond substituents is 1. The van der Waals surface area contributed by atoms with E-state index in [-0.39, 0.29) is 17.7 Å². The molecule has 0 aromatic heterocycles. The average molecular weight is 318 g/mol. The minimum absolute atomic E-state index is 0.132. The molecule has 0 heterocycles. The number of nitrogens with one attached hydrogen (secondary N) is 1. The number of rotatable bonds is 6. The van der Waals surface area contributed by atoms with Crippen LogP contribution in [0.5, 0.6) is 5.75 Å². The number of carbonyl (C=O) groups is 1. The summed E-state index contributed by atoms with van der Waals surface area (Å²) in [7, 11) is -3.03. The van der Waals surface area contributed by atoms with Gasteiger partial charge >= 0.3 is 13.6 Å². The van der Waals surface area contributed by atoms with Crippen molar-refractivity contribution < 1.29 is 29.0 Å². The summed E-state index contributed by atoms with van der Waals surface area (Å²) in [4.78, 5) is 29.5. The van der Waals surface area contributed by atoms with Crippen LogP contribution in [0.25, 0.3) is 0 Å². The van der Waals surface area contributed by atoms with Crippen LogP contribution in [0.4, 0.5) is 0 Å². The molecule has 0 amide bonds. The maximum atomic E-state index is 11.7. The van der Waals surface area contributed by atoms with Crippen LogP contribution in [0.2, 0.25) is 0 Å². The highest BCUT2D eigenvalue weighted by atomic mass is 31.2. The number of carbonyl (C=O) groups excluding carboxylic acids is 1. The molecule has 118 valence electrons. The van der Waals surface area contributed by atoms with E-state index < -0.39 is 25.3 Å². The number of ether oxygens (including phenoxy) is 1. The highest BCUT2D eigenvalue weighted by molar-refractivity contribution is 7.50. The molecule has 8 nitrogen and oxygen atoms in total. The van der Waals surface area contributed by atoms with E-state index in [1.54, 1.807) is 13.0 Å². The van der Waals surface area contributed by atoms with Gasteiger partial charge in [0, 0.05) is 12.0 Å². The zero-order valence-electron chi connectivity index (χ0n) is 11.7. The lowest BCUT2D eigenvalue weighted by Gasteiger charge is -2.25. The third-order valence-corrected chi connectivity index (χ3v) is 3.79. The number of hydrogen-bond donors (Lipinski definition) is 5. The van der Waals surface area contributed by atoms with E-state index in [2.05, 4.69) is 10.2 Å². The first-order valence-electron chi connectivity index (χ1n) is 6.03. The lowest BCUT2D eigenvalue weighted by atomic mass is 9.93. The molecule has 0 saturated carbocycles. The lowest BCUT2D eigenvalue weighted by molar-refractivity contribution is -0.147. The number of benzene rings is 1. The molecular formula is C12H19N2O6P. The van der Waals surface area contributed by atoms with Gasteiger partial charge < -0.3 is 19.6 Å². The molecule has 0 radical (unpaired) electrons. The van der Waals surface area contributed by atoms with Crippen LogP contribution in [0.15, 0.2) is 18.2 Å². The molecule has 0 unspecified atom stereocenters.